The molecule has 1 aromatic rings. The van der Waals surface area contributed by atoms with E-state index in [1.165, 1.54) is 12.0 Å². The monoisotopic (exact) mass is 223 g/mol. The molecule has 0 radical (unpaired) electrons. The maximum atomic E-state index is 4.34. The van der Waals surface area contributed by atoms with Gasteiger partial charge in [0.25, 0.3) is 0 Å². The van der Waals surface area contributed by atoms with E-state index < -0.39 is 0 Å². The van der Waals surface area contributed by atoms with Crippen LogP contribution in [0.3, 0.4) is 0 Å². The van der Waals surface area contributed by atoms with Crippen LogP contribution in [0.5, 0.6) is 0 Å². The molecule has 3 heteroatoms. The van der Waals surface area contributed by atoms with Gasteiger partial charge in [-0.3, -0.25) is 4.68 Å². The van der Waals surface area contributed by atoms with E-state index in [-0.39, 0.29) is 0 Å². The normalized spacial score (nSPS) is 11.6. The molecule has 0 aromatic carbocycles. The minimum Gasteiger partial charge on any atom is -0.316 e. The fourth-order valence-corrected chi connectivity index (χ4v) is 1.60. The Bertz CT molecular complexity index is 289. The van der Waals surface area contributed by atoms with Gasteiger partial charge in [-0.25, -0.2) is 0 Å². The molecule has 0 fully saturated rings. The Labute approximate surface area is 99.2 Å². The van der Waals surface area contributed by atoms with Gasteiger partial charge in [0.1, 0.15) is 0 Å². The number of nitrogens with one attached hydrogen (secondary N) is 1. The van der Waals surface area contributed by atoms with Crippen molar-refractivity contribution in [2.75, 3.05) is 13.1 Å². The lowest BCUT2D eigenvalue weighted by Gasteiger charge is -2.06. The highest BCUT2D eigenvalue weighted by molar-refractivity contribution is 5.04. The van der Waals surface area contributed by atoms with Crippen LogP contribution in [-0.4, -0.2) is 22.9 Å². The van der Waals surface area contributed by atoms with E-state index >= 15 is 0 Å². The summed E-state index contributed by atoms with van der Waals surface area (Å²) in [4.78, 5) is 0. The molecule has 16 heavy (non-hydrogen) atoms. The quantitative estimate of drug-likeness (QED) is 0.720. The van der Waals surface area contributed by atoms with Crippen molar-refractivity contribution in [3.63, 3.8) is 0 Å². The zero-order chi connectivity index (χ0) is 12.0. The van der Waals surface area contributed by atoms with Gasteiger partial charge in [0, 0.05) is 12.2 Å². The summed E-state index contributed by atoms with van der Waals surface area (Å²) in [5.74, 6) is 0.740. The number of aromatic nitrogens is 2. The average molecular weight is 223 g/mol. The Morgan fingerprint density at radius 1 is 1.31 bits per heavy atom. The smallest absolute Gasteiger partial charge is 0.0521 e. The second kappa shape index (κ2) is 6.69. The molecule has 3 nitrogen and oxygen atoms in total. The molecule has 0 spiro atoms. The lowest BCUT2D eigenvalue weighted by molar-refractivity contribution is 0.531. The van der Waals surface area contributed by atoms with Crippen LogP contribution in [0, 0.1) is 5.92 Å². The summed E-state index contributed by atoms with van der Waals surface area (Å²) in [7, 11) is 0. The third-order valence-corrected chi connectivity index (χ3v) is 2.56. The Balaban J connectivity index is 2.17. The van der Waals surface area contributed by atoms with Crippen LogP contribution in [-0.2, 0) is 6.42 Å². The highest BCUT2D eigenvalue weighted by Crippen LogP contribution is 2.06. The average Bonchev–Trinajstić information content (AvgIpc) is 2.65. The molecule has 92 valence electrons. The van der Waals surface area contributed by atoms with Crippen molar-refractivity contribution in [1.82, 2.24) is 15.1 Å². The first kappa shape index (κ1) is 13.2. The predicted octanol–water partition coefficient (Wildman–Crippen LogP) is 2.64. The van der Waals surface area contributed by atoms with Gasteiger partial charge < -0.3 is 5.32 Å². The molecule has 0 aliphatic heterocycles. The second-order valence-electron chi connectivity index (χ2n) is 5.12. The maximum Gasteiger partial charge on any atom is 0.0521 e. The fourth-order valence-electron chi connectivity index (χ4n) is 1.60. The molecule has 0 amide bonds. The molecule has 1 N–H and O–H groups in total. The van der Waals surface area contributed by atoms with Gasteiger partial charge in [0.2, 0.25) is 0 Å². The van der Waals surface area contributed by atoms with Crippen LogP contribution in [0.4, 0.5) is 0 Å². The number of hydrogen-bond acceptors (Lipinski definition) is 2. The third kappa shape index (κ3) is 4.79. The lowest BCUT2D eigenvalue weighted by atomic mass is 10.2. The van der Waals surface area contributed by atoms with Gasteiger partial charge >= 0.3 is 0 Å². The minimum atomic E-state index is 0.466. The summed E-state index contributed by atoms with van der Waals surface area (Å²) >= 11 is 0. The Hall–Kier alpha value is -0.830. The van der Waals surface area contributed by atoms with Gasteiger partial charge in [-0.2, -0.15) is 5.10 Å². The highest BCUT2D eigenvalue weighted by Gasteiger charge is 2.01. The SMILES string of the molecule is CC(C)CNCCCc1cnn(C(C)C)c1. The van der Waals surface area contributed by atoms with Gasteiger partial charge in [-0.05, 0) is 51.3 Å². The van der Waals surface area contributed by atoms with E-state index in [0.717, 1.165) is 25.4 Å². The first-order valence-corrected chi connectivity index (χ1v) is 6.33. The van der Waals surface area contributed by atoms with Crippen LogP contribution in [0.15, 0.2) is 12.4 Å². The molecule has 0 saturated heterocycles. The van der Waals surface area contributed by atoms with Crippen molar-refractivity contribution < 1.29 is 0 Å². The van der Waals surface area contributed by atoms with Crippen molar-refractivity contribution in [3.05, 3.63) is 18.0 Å². The fraction of sp³-hybridized carbons (Fsp3) is 0.769. The van der Waals surface area contributed by atoms with Crippen molar-refractivity contribution in [2.45, 2.75) is 46.6 Å². The van der Waals surface area contributed by atoms with Gasteiger partial charge in [-0.15, -0.1) is 0 Å². The Kier molecular flexibility index (Phi) is 5.53. The summed E-state index contributed by atoms with van der Waals surface area (Å²) in [6.45, 7) is 11.0. The topological polar surface area (TPSA) is 29.9 Å². The van der Waals surface area contributed by atoms with E-state index in [1.807, 2.05) is 10.9 Å². The first-order chi connectivity index (χ1) is 7.59. The molecule has 0 saturated carbocycles. The number of rotatable bonds is 7. The predicted molar refractivity (Wildman–Crippen MR) is 68.6 cm³/mol. The van der Waals surface area contributed by atoms with E-state index in [0.29, 0.717) is 6.04 Å². The van der Waals surface area contributed by atoms with E-state index in [4.69, 9.17) is 0 Å². The largest absolute Gasteiger partial charge is 0.316 e. The first-order valence-electron chi connectivity index (χ1n) is 6.33. The number of nitrogens with zero attached hydrogens (tertiary/aromatic N) is 2. The molecule has 0 unspecified atom stereocenters. The van der Waals surface area contributed by atoms with Crippen molar-refractivity contribution in [3.8, 4) is 0 Å². The molecular formula is C13H25N3. The van der Waals surface area contributed by atoms with Crippen molar-refractivity contribution in [2.24, 2.45) is 5.92 Å². The molecule has 1 rings (SSSR count). The lowest BCUT2D eigenvalue weighted by Crippen LogP contribution is -2.21. The van der Waals surface area contributed by atoms with Crippen LogP contribution in [0.2, 0.25) is 0 Å². The summed E-state index contributed by atoms with van der Waals surface area (Å²) in [5.41, 5.74) is 1.35. The summed E-state index contributed by atoms with van der Waals surface area (Å²) < 4.78 is 2.02. The summed E-state index contributed by atoms with van der Waals surface area (Å²) in [5, 5.41) is 7.80. The van der Waals surface area contributed by atoms with E-state index in [9.17, 15) is 0 Å². The maximum absolute atomic E-state index is 4.34. The minimum absolute atomic E-state index is 0.466. The second-order valence-corrected chi connectivity index (χ2v) is 5.12. The Morgan fingerprint density at radius 2 is 2.06 bits per heavy atom. The molecule has 0 bridgehead atoms. The zero-order valence-electron chi connectivity index (χ0n) is 11.0. The molecule has 0 atom stereocenters. The van der Waals surface area contributed by atoms with Crippen LogP contribution in [0.25, 0.3) is 0 Å². The highest BCUT2D eigenvalue weighted by atomic mass is 15.3. The zero-order valence-corrected chi connectivity index (χ0v) is 11.0. The molecule has 1 aromatic heterocycles. The number of aryl methyl sites for hydroxylation is 1. The molecule has 0 aliphatic rings. The standard InChI is InChI=1S/C13H25N3/c1-11(2)8-14-7-5-6-13-9-15-16(10-13)12(3)4/h9-12,14H,5-8H2,1-4H3. The molecule has 0 aliphatic carbocycles. The van der Waals surface area contributed by atoms with Gasteiger partial charge in [-0.1, -0.05) is 13.8 Å². The van der Waals surface area contributed by atoms with E-state index in [2.05, 4.69) is 44.3 Å². The van der Waals surface area contributed by atoms with Gasteiger partial charge in [0.15, 0.2) is 0 Å². The van der Waals surface area contributed by atoms with Crippen molar-refractivity contribution >= 4 is 0 Å². The van der Waals surface area contributed by atoms with Crippen LogP contribution in [0.1, 0.15) is 45.7 Å². The summed E-state index contributed by atoms with van der Waals surface area (Å²) in [6.07, 6.45) is 6.46. The Morgan fingerprint density at radius 3 is 2.62 bits per heavy atom. The summed E-state index contributed by atoms with van der Waals surface area (Å²) in [6, 6.07) is 0.466. The van der Waals surface area contributed by atoms with E-state index in [1.54, 1.807) is 0 Å². The van der Waals surface area contributed by atoms with Crippen molar-refractivity contribution in [1.29, 1.82) is 0 Å². The van der Waals surface area contributed by atoms with Crippen LogP contribution >= 0.6 is 0 Å². The third-order valence-electron chi connectivity index (χ3n) is 2.56. The molecular weight excluding hydrogens is 198 g/mol. The number of hydrogen-bond donors (Lipinski definition) is 1. The molecule has 1 heterocycles. The van der Waals surface area contributed by atoms with Gasteiger partial charge in [0.05, 0.1) is 6.20 Å². The van der Waals surface area contributed by atoms with Crippen LogP contribution < -0.4 is 5.32 Å².